The maximum atomic E-state index is 4.37. The lowest BCUT2D eigenvalue weighted by Crippen LogP contribution is -2.36. The zero-order chi connectivity index (χ0) is 14.3. The highest BCUT2D eigenvalue weighted by Crippen LogP contribution is 2.35. The fraction of sp³-hybridized carbons (Fsp3) is 0.615. The highest BCUT2D eigenvalue weighted by molar-refractivity contribution is 9.10. The van der Waals surface area contributed by atoms with Gasteiger partial charge < -0.3 is 10.2 Å². The number of hydrogen-bond donors (Lipinski definition) is 1. The maximum absolute atomic E-state index is 4.37. The van der Waals surface area contributed by atoms with Crippen LogP contribution in [0.4, 0.5) is 5.82 Å². The molecule has 0 spiro atoms. The van der Waals surface area contributed by atoms with Gasteiger partial charge in [-0.3, -0.25) is 0 Å². The van der Waals surface area contributed by atoms with Crippen molar-refractivity contribution in [2.45, 2.75) is 18.9 Å². The topological polar surface area (TPSA) is 58.9 Å². The van der Waals surface area contributed by atoms with Crippen molar-refractivity contribution in [3.63, 3.8) is 0 Å². The van der Waals surface area contributed by atoms with E-state index in [9.17, 15) is 0 Å². The zero-order valence-corrected chi connectivity index (χ0v) is 13.6. The van der Waals surface area contributed by atoms with E-state index in [1.54, 1.807) is 11.0 Å². The first-order chi connectivity index (χ1) is 9.58. The van der Waals surface area contributed by atoms with Crippen molar-refractivity contribution in [3.05, 3.63) is 10.9 Å². The molecule has 0 unspecified atom stereocenters. The van der Waals surface area contributed by atoms with E-state index in [1.165, 1.54) is 12.8 Å². The van der Waals surface area contributed by atoms with Gasteiger partial charge in [0.05, 0.1) is 5.39 Å². The zero-order valence-electron chi connectivity index (χ0n) is 12.0. The number of rotatable bonds is 5. The van der Waals surface area contributed by atoms with Gasteiger partial charge in [-0.25, -0.2) is 14.6 Å². The van der Waals surface area contributed by atoms with Crippen LogP contribution in [0.5, 0.6) is 0 Å². The molecule has 0 aliphatic heterocycles. The van der Waals surface area contributed by atoms with Crippen LogP contribution < -0.4 is 5.32 Å². The van der Waals surface area contributed by atoms with E-state index in [2.05, 4.69) is 55.3 Å². The molecule has 2 heterocycles. The fourth-order valence-electron chi connectivity index (χ4n) is 2.63. The lowest BCUT2D eigenvalue weighted by Gasteiger charge is -2.24. The number of likely N-dealkylation sites (N-methyl/N-ethyl adjacent to an activating group) is 1. The number of hydrogen-bond acceptors (Lipinski definition) is 5. The van der Waals surface area contributed by atoms with Gasteiger partial charge in [-0.05, 0) is 48.8 Å². The Kier molecular flexibility index (Phi) is 3.64. The van der Waals surface area contributed by atoms with Gasteiger partial charge in [0.15, 0.2) is 5.65 Å². The molecule has 0 aromatic carbocycles. The second kappa shape index (κ2) is 5.29. The average molecular weight is 339 g/mol. The van der Waals surface area contributed by atoms with Crippen molar-refractivity contribution in [2.24, 2.45) is 13.0 Å². The van der Waals surface area contributed by atoms with E-state index < -0.39 is 0 Å². The minimum Gasteiger partial charge on any atom is -0.368 e. The molecule has 1 N–H and O–H groups in total. The van der Waals surface area contributed by atoms with E-state index in [-0.39, 0.29) is 0 Å². The van der Waals surface area contributed by atoms with Crippen LogP contribution in [0.15, 0.2) is 10.9 Å². The molecule has 7 heteroatoms. The van der Waals surface area contributed by atoms with Gasteiger partial charge in [-0.15, -0.1) is 0 Å². The predicted octanol–water partition coefficient (Wildman–Crippen LogP) is 1.88. The molecule has 6 nitrogen and oxygen atoms in total. The number of halogens is 1. The summed E-state index contributed by atoms with van der Waals surface area (Å²) in [7, 11) is 6.16. The third-order valence-corrected chi connectivity index (χ3v) is 4.44. The molecule has 0 radical (unpaired) electrons. The van der Waals surface area contributed by atoms with Gasteiger partial charge in [-0.2, -0.15) is 5.10 Å². The molecule has 108 valence electrons. The van der Waals surface area contributed by atoms with Gasteiger partial charge in [0.1, 0.15) is 16.7 Å². The molecular weight excluding hydrogens is 320 g/mol. The number of fused-ring (bicyclic) bond motifs is 1. The highest BCUT2D eigenvalue weighted by atomic mass is 79.9. The first-order valence-electron chi connectivity index (χ1n) is 6.81. The molecule has 0 bridgehead atoms. The molecule has 20 heavy (non-hydrogen) atoms. The summed E-state index contributed by atoms with van der Waals surface area (Å²) in [5.74, 6) is 1.66. The molecule has 0 amide bonds. The predicted molar refractivity (Wildman–Crippen MR) is 82.7 cm³/mol. The van der Waals surface area contributed by atoms with Crippen LogP contribution >= 0.6 is 15.9 Å². The van der Waals surface area contributed by atoms with Gasteiger partial charge >= 0.3 is 0 Å². The quantitative estimate of drug-likeness (QED) is 0.901. The summed E-state index contributed by atoms with van der Waals surface area (Å²) in [6.07, 6.45) is 4.25. The number of anilines is 1. The Morgan fingerprint density at radius 3 is 2.85 bits per heavy atom. The molecule has 1 fully saturated rings. The van der Waals surface area contributed by atoms with Crippen LogP contribution in [0.3, 0.4) is 0 Å². The van der Waals surface area contributed by atoms with Crippen molar-refractivity contribution in [1.82, 2.24) is 24.6 Å². The third-order valence-electron chi connectivity index (χ3n) is 3.89. The van der Waals surface area contributed by atoms with Gasteiger partial charge in [0.2, 0.25) is 0 Å². The van der Waals surface area contributed by atoms with Crippen molar-refractivity contribution in [1.29, 1.82) is 0 Å². The van der Waals surface area contributed by atoms with E-state index >= 15 is 0 Å². The summed E-state index contributed by atoms with van der Waals surface area (Å²) in [4.78, 5) is 10.9. The first kappa shape index (κ1) is 13.8. The Morgan fingerprint density at radius 2 is 2.20 bits per heavy atom. The number of nitrogens with zero attached hydrogens (tertiary/aromatic N) is 5. The Hall–Kier alpha value is -1.21. The van der Waals surface area contributed by atoms with Crippen molar-refractivity contribution >= 4 is 32.8 Å². The first-order valence-corrected chi connectivity index (χ1v) is 7.60. The number of aryl methyl sites for hydroxylation is 1. The van der Waals surface area contributed by atoms with E-state index in [0.29, 0.717) is 6.04 Å². The van der Waals surface area contributed by atoms with Crippen LogP contribution in [0.1, 0.15) is 12.8 Å². The van der Waals surface area contributed by atoms with Gasteiger partial charge in [0, 0.05) is 19.6 Å². The lowest BCUT2D eigenvalue weighted by atomic mass is 10.1. The van der Waals surface area contributed by atoms with Crippen LogP contribution in [0.25, 0.3) is 11.0 Å². The van der Waals surface area contributed by atoms with Crippen LogP contribution in [0, 0.1) is 5.92 Å². The van der Waals surface area contributed by atoms with Crippen molar-refractivity contribution in [3.8, 4) is 0 Å². The van der Waals surface area contributed by atoms with Crippen LogP contribution in [0.2, 0.25) is 0 Å². The molecular formula is C13H19BrN6. The second-order valence-corrected chi connectivity index (χ2v) is 6.34. The van der Waals surface area contributed by atoms with Gasteiger partial charge in [-0.1, -0.05) is 0 Å². The summed E-state index contributed by atoms with van der Waals surface area (Å²) >= 11 is 3.48. The Morgan fingerprint density at radius 1 is 1.45 bits per heavy atom. The van der Waals surface area contributed by atoms with Crippen LogP contribution in [-0.4, -0.2) is 51.3 Å². The minimum absolute atomic E-state index is 0.551. The van der Waals surface area contributed by atoms with Crippen LogP contribution in [-0.2, 0) is 7.05 Å². The molecule has 1 aliphatic rings. The van der Waals surface area contributed by atoms with Crippen molar-refractivity contribution in [2.75, 3.05) is 26.0 Å². The number of aromatic nitrogens is 4. The summed E-state index contributed by atoms with van der Waals surface area (Å²) in [5.41, 5.74) is 0.835. The SMILES string of the molecule is CN(C)[C@H](CNc1ncnc2c1c(Br)nn2C)C1CC1. The Labute approximate surface area is 126 Å². The second-order valence-electron chi connectivity index (χ2n) is 5.58. The standard InChI is InChI=1S/C13H19BrN6/c1-19(2)9(8-4-5-8)6-15-12-10-11(14)18-20(3)13(10)17-7-16-12/h7-9H,4-6H2,1-3H3,(H,15,16,17)/t9-/m1/s1. The molecule has 1 atom stereocenters. The molecule has 0 saturated heterocycles. The molecule has 3 rings (SSSR count). The molecule has 1 saturated carbocycles. The maximum Gasteiger partial charge on any atom is 0.164 e. The smallest absolute Gasteiger partial charge is 0.164 e. The highest BCUT2D eigenvalue weighted by Gasteiger charge is 2.32. The molecule has 2 aromatic heterocycles. The van der Waals surface area contributed by atoms with E-state index in [0.717, 1.165) is 33.9 Å². The van der Waals surface area contributed by atoms with Gasteiger partial charge in [0.25, 0.3) is 0 Å². The third kappa shape index (κ3) is 2.52. The Bertz CT molecular complexity index is 617. The molecule has 1 aliphatic carbocycles. The van der Waals surface area contributed by atoms with E-state index in [1.807, 2.05) is 7.05 Å². The van der Waals surface area contributed by atoms with Crippen molar-refractivity contribution < 1.29 is 0 Å². The summed E-state index contributed by atoms with van der Waals surface area (Å²) in [6.45, 7) is 0.894. The van der Waals surface area contributed by atoms with E-state index in [4.69, 9.17) is 0 Å². The summed E-state index contributed by atoms with van der Waals surface area (Å²) < 4.78 is 2.54. The monoisotopic (exact) mass is 338 g/mol. The largest absolute Gasteiger partial charge is 0.368 e. The fourth-order valence-corrected chi connectivity index (χ4v) is 3.23. The average Bonchev–Trinajstić information content (AvgIpc) is 3.18. The lowest BCUT2D eigenvalue weighted by molar-refractivity contribution is 0.276. The molecule has 2 aromatic rings. The minimum atomic E-state index is 0.551. The summed E-state index contributed by atoms with van der Waals surface area (Å²) in [5, 5.41) is 8.76. The normalized spacial score (nSPS) is 16.9. The summed E-state index contributed by atoms with van der Waals surface area (Å²) in [6, 6.07) is 0.551. The number of nitrogens with one attached hydrogen (secondary N) is 1. The Balaban J connectivity index is 1.83.